The molecule has 1 N–H and O–H groups in total. The zero-order chi connectivity index (χ0) is 13.7. The molecule has 2 heterocycles. The first-order valence-electron chi connectivity index (χ1n) is 6.60. The van der Waals surface area contributed by atoms with Crippen LogP contribution in [0.1, 0.15) is 26.3 Å². The molecule has 0 bridgehead atoms. The van der Waals surface area contributed by atoms with Crippen LogP contribution in [0.4, 0.5) is 11.4 Å². The van der Waals surface area contributed by atoms with Gasteiger partial charge in [0.15, 0.2) is 0 Å². The lowest BCUT2D eigenvalue weighted by Crippen LogP contribution is -2.29. The lowest BCUT2D eigenvalue weighted by Gasteiger charge is -2.15. The van der Waals surface area contributed by atoms with Gasteiger partial charge in [0.25, 0.3) is 11.8 Å². The summed E-state index contributed by atoms with van der Waals surface area (Å²) in [5.41, 5.74) is 3.86. The van der Waals surface area contributed by atoms with Crippen molar-refractivity contribution in [3.8, 4) is 0 Å². The van der Waals surface area contributed by atoms with E-state index in [4.69, 9.17) is 0 Å². The summed E-state index contributed by atoms with van der Waals surface area (Å²) in [6.45, 7) is 0.904. The molecule has 98 valence electrons. The topological polar surface area (TPSA) is 49.4 Å². The first kappa shape index (κ1) is 11.2. The van der Waals surface area contributed by atoms with Crippen LogP contribution in [0, 0.1) is 0 Å². The molecule has 0 atom stereocenters. The van der Waals surface area contributed by atoms with Crippen molar-refractivity contribution >= 4 is 23.2 Å². The predicted octanol–water partition coefficient (Wildman–Crippen LogP) is 2.46. The molecule has 4 heteroatoms. The molecule has 2 amide bonds. The fourth-order valence-corrected chi connectivity index (χ4v) is 2.85. The first-order chi connectivity index (χ1) is 9.75. The van der Waals surface area contributed by atoms with Crippen LogP contribution in [0.15, 0.2) is 42.5 Å². The summed E-state index contributed by atoms with van der Waals surface area (Å²) in [4.78, 5) is 26.1. The van der Waals surface area contributed by atoms with Crippen LogP contribution in [0.5, 0.6) is 0 Å². The molecular formula is C16H12N2O2. The normalized spacial score (nSPS) is 16.1. The number of imide groups is 1. The van der Waals surface area contributed by atoms with Gasteiger partial charge in [-0.2, -0.15) is 0 Å². The van der Waals surface area contributed by atoms with Gasteiger partial charge >= 0.3 is 0 Å². The first-order valence-corrected chi connectivity index (χ1v) is 6.60. The van der Waals surface area contributed by atoms with Gasteiger partial charge in [-0.15, -0.1) is 0 Å². The molecule has 20 heavy (non-hydrogen) atoms. The molecule has 0 fully saturated rings. The van der Waals surface area contributed by atoms with E-state index in [1.807, 2.05) is 18.2 Å². The second-order valence-electron chi connectivity index (χ2n) is 5.01. The zero-order valence-corrected chi connectivity index (χ0v) is 10.7. The van der Waals surface area contributed by atoms with Crippen molar-refractivity contribution in [2.24, 2.45) is 0 Å². The average molecular weight is 264 g/mol. The number of hydrogen-bond donors (Lipinski definition) is 1. The van der Waals surface area contributed by atoms with Gasteiger partial charge in [0.05, 0.1) is 16.8 Å². The summed E-state index contributed by atoms with van der Waals surface area (Å²) in [6, 6.07) is 12.6. The van der Waals surface area contributed by atoms with E-state index in [1.54, 1.807) is 24.3 Å². The van der Waals surface area contributed by atoms with Crippen molar-refractivity contribution in [3.63, 3.8) is 0 Å². The molecule has 0 radical (unpaired) electrons. The maximum absolute atomic E-state index is 12.4. The number of amides is 2. The molecule has 0 saturated carbocycles. The molecule has 0 saturated heterocycles. The highest BCUT2D eigenvalue weighted by Crippen LogP contribution is 2.32. The van der Waals surface area contributed by atoms with E-state index < -0.39 is 0 Å². The summed E-state index contributed by atoms with van der Waals surface area (Å²) in [5.74, 6) is -0.479. The Labute approximate surface area is 116 Å². The summed E-state index contributed by atoms with van der Waals surface area (Å²) in [6.07, 6.45) is 0.923. The summed E-state index contributed by atoms with van der Waals surface area (Å²) in [7, 11) is 0. The molecule has 2 aromatic rings. The van der Waals surface area contributed by atoms with E-state index in [1.165, 1.54) is 4.90 Å². The molecular weight excluding hydrogens is 252 g/mol. The van der Waals surface area contributed by atoms with Gasteiger partial charge in [0.2, 0.25) is 0 Å². The Balaban J connectivity index is 1.81. The standard InChI is InChI=1S/C16H12N2O2/c19-15-12-3-1-2-4-13(12)16(20)18(15)11-5-6-14-10(9-11)7-8-17-14/h1-6,9,17H,7-8H2. The number of hydrogen-bond acceptors (Lipinski definition) is 3. The number of carbonyl (C=O) groups is 2. The minimum atomic E-state index is -0.239. The lowest BCUT2D eigenvalue weighted by atomic mass is 10.1. The molecule has 2 aromatic carbocycles. The Bertz CT molecular complexity index is 717. The molecule has 0 unspecified atom stereocenters. The Morgan fingerprint density at radius 3 is 2.35 bits per heavy atom. The van der Waals surface area contributed by atoms with Crippen molar-refractivity contribution in [2.75, 3.05) is 16.8 Å². The largest absolute Gasteiger partial charge is 0.384 e. The molecule has 4 rings (SSSR count). The van der Waals surface area contributed by atoms with Crippen LogP contribution in [0.25, 0.3) is 0 Å². The number of benzene rings is 2. The van der Waals surface area contributed by atoms with Gasteiger partial charge in [-0.3, -0.25) is 9.59 Å². The number of nitrogens with one attached hydrogen (secondary N) is 1. The van der Waals surface area contributed by atoms with Crippen LogP contribution in [0.3, 0.4) is 0 Å². The van der Waals surface area contributed by atoms with Crippen molar-refractivity contribution in [3.05, 3.63) is 59.2 Å². The maximum Gasteiger partial charge on any atom is 0.266 e. The average Bonchev–Trinajstić information content (AvgIpc) is 3.03. The van der Waals surface area contributed by atoms with Crippen molar-refractivity contribution in [2.45, 2.75) is 6.42 Å². The van der Waals surface area contributed by atoms with Gasteiger partial charge in [-0.05, 0) is 42.3 Å². The Hall–Kier alpha value is -2.62. The SMILES string of the molecule is O=C1c2ccccc2C(=O)N1c1ccc2c(c1)CCN2. The number of anilines is 2. The van der Waals surface area contributed by atoms with E-state index >= 15 is 0 Å². The summed E-state index contributed by atoms with van der Waals surface area (Å²) in [5, 5.41) is 3.27. The van der Waals surface area contributed by atoms with Crippen LogP contribution in [0.2, 0.25) is 0 Å². The van der Waals surface area contributed by atoms with Crippen LogP contribution in [-0.4, -0.2) is 18.4 Å². The second-order valence-corrected chi connectivity index (χ2v) is 5.01. The van der Waals surface area contributed by atoms with Crippen molar-refractivity contribution in [1.82, 2.24) is 0 Å². The molecule has 0 aromatic heterocycles. The summed E-state index contributed by atoms with van der Waals surface area (Å²) >= 11 is 0. The van der Waals surface area contributed by atoms with Gasteiger partial charge in [0.1, 0.15) is 0 Å². The molecule has 0 spiro atoms. The zero-order valence-electron chi connectivity index (χ0n) is 10.7. The smallest absolute Gasteiger partial charge is 0.266 e. The number of rotatable bonds is 1. The van der Waals surface area contributed by atoms with Crippen molar-refractivity contribution < 1.29 is 9.59 Å². The lowest BCUT2D eigenvalue weighted by molar-refractivity contribution is 0.0926. The third-order valence-electron chi connectivity index (χ3n) is 3.85. The Kier molecular flexibility index (Phi) is 2.21. The third-order valence-corrected chi connectivity index (χ3v) is 3.85. The van der Waals surface area contributed by atoms with Gasteiger partial charge in [0, 0.05) is 12.2 Å². The van der Waals surface area contributed by atoms with E-state index in [0.717, 1.165) is 24.2 Å². The van der Waals surface area contributed by atoms with Crippen molar-refractivity contribution in [1.29, 1.82) is 0 Å². The number of fused-ring (bicyclic) bond motifs is 2. The fourth-order valence-electron chi connectivity index (χ4n) is 2.85. The highest BCUT2D eigenvalue weighted by Gasteiger charge is 2.36. The Morgan fingerprint density at radius 2 is 1.65 bits per heavy atom. The quantitative estimate of drug-likeness (QED) is 0.805. The number of nitrogens with zero attached hydrogens (tertiary/aromatic N) is 1. The van der Waals surface area contributed by atoms with E-state index in [9.17, 15) is 9.59 Å². The maximum atomic E-state index is 12.4. The van der Waals surface area contributed by atoms with Gasteiger partial charge in [-0.1, -0.05) is 12.1 Å². The molecule has 4 nitrogen and oxygen atoms in total. The van der Waals surface area contributed by atoms with Crippen LogP contribution < -0.4 is 10.2 Å². The fraction of sp³-hybridized carbons (Fsp3) is 0.125. The highest BCUT2D eigenvalue weighted by molar-refractivity contribution is 6.34. The van der Waals surface area contributed by atoms with Gasteiger partial charge < -0.3 is 5.32 Å². The number of carbonyl (C=O) groups excluding carboxylic acids is 2. The van der Waals surface area contributed by atoms with Gasteiger partial charge in [-0.25, -0.2) is 4.90 Å². The second kappa shape index (κ2) is 3.93. The minimum absolute atomic E-state index is 0.239. The third kappa shape index (κ3) is 1.42. The van der Waals surface area contributed by atoms with Crippen LogP contribution in [-0.2, 0) is 6.42 Å². The highest BCUT2D eigenvalue weighted by atomic mass is 16.2. The predicted molar refractivity (Wildman–Crippen MR) is 76.2 cm³/mol. The minimum Gasteiger partial charge on any atom is -0.384 e. The van der Waals surface area contributed by atoms with E-state index in [0.29, 0.717) is 16.8 Å². The van der Waals surface area contributed by atoms with Crippen LogP contribution >= 0.6 is 0 Å². The monoisotopic (exact) mass is 264 g/mol. The molecule has 0 aliphatic carbocycles. The Morgan fingerprint density at radius 1 is 0.950 bits per heavy atom. The molecule has 2 aliphatic heterocycles. The molecule has 2 aliphatic rings. The van der Waals surface area contributed by atoms with E-state index in [2.05, 4.69) is 5.32 Å². The summed E-state index contributed by atoms with van der Waals surface area (Å²) < 4.78 is 0. The van der Waals surface area contributed by atoms with E-state index in [-0.39, 0.29) is 11.8 Å².